The van der Waals surface area contributed by atoms with E-state index >= 15 is 0 Å². The summed E-state index contributed by atoms with van der Waals surface area (Å²) in [7, 11) is 0. The van der Waals surface area contributed by atoms with Gasteiger partial charge in [-0.2, -0.15) is 5.10 Å². The number of benzene rings is 1. The van der Waals surface area contributed by atoms with Gasteiger partial charge in [0, 0.05) is 23.0 Å². The Kier molecular flexibility index (Phi) is 8.66. The lowest BCUT2D eigenvalue weighted by Crippen LogP contribution is -2.52. The molecule has 7 heteroatoms. The normalized spacial score (nSPS) is 26.6. The molecular weight excluding hydrogens is 380 g/mol. The Hall–Kier alpha value is -1.96. The molecule has 1 aromatic carbocycles. The minimum Gasteiger partial charge on any atom is -0.486 e. The van der Waals surface area contributed by atoms with E-state index in [9.17, 15) is 4.79 Å². The molecule has 1 saturated carbocycles. The summed E-state index contributed by atoms with van der Waals surface area (Å²) in [5.74, 6) is 1.16. The molecule has 7 nitrogen and oxygen atoms in total. The van der Waals surface area contributed by atoms with Gasteiger partial charge in [0.25, 0.3) is 0 Å². The van der Waals surface area contributed by atoms with Crippen molar-refractivity contribution in [2.24, 2.45) is 5.73 Å². The SMILES string of the molecule is CC.N[C@H]1CCCN[C@H]1COC1CCC(c2c(OCC=O)ccc3cn[nH]c23)CC1. The topological polar surface area (TPSA) is 102 Å². The van der Waals surface area contributed by atoms with Crippen LogP contribution < -0.4 is 15.8 Å². The van der Waals surface area contributed by atoms with Gasteiger partial charge in [-0.25, -0.2) is 0 Å². The highest BCUT2D eigenvalue weighted by atomic mass is 16.5. The highest BCUT2D eigenvalue weighted by Crippen LogP contribution is 2.41. The van der Waals surface area contributed by atoms with Crippen LogP contribution >= 0.6 is 0 Å². The summed E-state index contributed by atoms with van der Waals surface area (Å²) in [6.07, 6.45) is 9.23. The van der Waals surface area contributed by atoms with Gasteiger partial charge in [0.1, 0.15) is 12.4 Å². The van der Waals surface area contributed by atoms with Crippen LogP contribution in [0, 0.1) is 0 Å². The van der Waals surface area contributed by atoms with Crippen LogP contribution in [0.4, 0.5) is 0 Å². The number of fused-ring (bicyclic) bond motifs is 1. The van der Waals surface area contributed by atoms with Crippen LogP contribution in [-0.4, -0.2) is 54.4 Å². The number of hydrogen-bond donors (Lipinski definition) is 3. The molecule has 4 N–H and O–H groups in total. The van der Waals surface area contributed by atoms with Crippen molar-refractivity contribution in [2.75, 3.05) is 19.8 Å². The summed E-state index contributed by atoms with van der Waals surface area (Å²) in [5, 5.41) is 11.9. The van der Waals surface area contributed by atoms with Crippen LogP contribution in [-0.2, 0) is 9.53 Å². The molecule has 2 heterocycles. The molecule has 1 aliphatic heterocycles. The van der Waals surface area contributed by atoms with Crippen molar-refractivity contribution < 1.29 is 14.3 Å². The number of aromatic nitrogens is 2. The van der Waals surface area contributed by atoms with Crippen molar-refractivity contribution in [3.05, 3.63) is 23.9 Å². The van der Waals surface area contributed by atoms with E-state index < -0.39 is 0 Å². The molecule has 4 rings (SSSR count). The number of aldehydes is 1. The lowest BCUT2D eigenvalue weighted by molar-refractivity contribution is -0.109. The van der Waals surface area contributed by atoms with Crippen molar-refractivity contribution in [3.63, 3.8) is 0 Å². The Bertz CT molecular complexity index is 786. The third-order valence-electron chi connectivity index (χ3n) is 6.16. The number of nitrogens with one attached hydrogen (secondary N) is 2. The van der Waals surface area contributed by atoms with Crippen molar-refractivity contribution >= 4 is 17.2 Å². The summed E-state index contributed by atoms with van der Waals surface area (Å²) in [4.78, 5) is 10.8. The fourth-order valence-electron chi connectivity index (χ4n) is 4.59. The summed E-state index contributed by atoms with van der Waals surface area (Å²) in [5.41, 5.74) is 8.36. The molecule has 2 aromatic rings. The van der Waals surface area contributed by atoms with Crippen LogP contribution in [0.25, 0.3) is 10.9 Å². The maximum Gasteiger partial charge on any atom is 0.157 e. The number of nitrogens with two attached hydrogens (primary N) is 1. The monoisotopic (exact) mass is 416 g/mol. The van der Waals surface area contributed by atoms with Crippen LogP contribution in [0.15, 0.2) is 18.3 Å². The third-order valence-corrected chi connectivity index (χ3v) is 6.16. The number of piperidine rings is 1. The smallest absolute Gasteiger partial charge is 0.157 e. The number of carbonyl (C=O) groups is 1. The standard InChI is InChI=1S/C21H30N4O3.C2H6/c22-17-2-1-9-23-18(17)13-28-16-6-3-14(4-7-16)20-19(27-11-10-26)8-5-15-12-24-25-21(15)20;1-2/h5,8,10,12,14,16-18,23H,1-4,6-7,9,11,13,22H2,(H,24,25);1-2H3/t14?,16?,17-,18-;/m0./s1. The van der Waals surface area contributed by atoms with Crippen molar-refractivity contribution in [2.45, 2.75) is 76.5 Å². The number of nitrogens with zero attached hydrogens (tertiary/aromatic N) is 1. The van der Waals surface area contributed by atoms with Gasteiger partial charge in [-0.15, -0.1) is 0 Å². The molecule has 0 unspecified atom stereocenters. The van der Waals surface area contributed by atoms with Gasteiger partial charge in [-0.3, -0.25) is 9.89 Å². The predicted octanol–water partition coefficient (Wildman–Crippen LogP) is 3.29. The fraction of sp³-hybridized carbons (Fsp3) is 0.652. The average Bonchev–Trinajstić information content (AvgIpc) is 3.27. The molecule has 1 aliphatic carbocycles. The number of H-pyrrole nitrogens is 1. The first-order chi connectivity index (χ1) is 14.8. The van der Waals surface area contributed by atoms with E-state index in [0.29, 0.717) is 12.5 Å². The minimum absolute atomic E-state index is 0.0692. The van der Waals surface area contributed by atoms with E-state index in [1.54, 1.807) is 0 Å². The van der Waals surface area contributed by atoms with Gasteiger partial charge >= 0.3 is 0 Å². The molecule has 0 amide bonds. The lowest BCUT2D eigenvalue weighted by atomic mass is 9.81. The maximum absolute atomic E-state index is 10.8. The quantitative estimate of drug-likeness (QED) is 0.599. The highest BCUT2D eigenvalue weighted by Gasteiger charge is 2.29. The molecular formula is C23H36N4O3. The van der Waals surface area contributed by atoms with Gasteiger partial charge in [0.2, 0.25) is 0 Å². The van der Waals surface area contributed by atoms with Gasteiger partial charge in [0.15, 0.2) is 6.29 Å². The van der Waals surface area contributed by atoms with Gasteiger partial charge in [0.05, 0.1) is 24.4 Å². The van der Waals surface area contributed by atoms with Crippen LogP contribution in [0.5, 0.6) is 5.75 Å². The van der Waals surface area contributed by atoms with Crippen LogP contribution in [0.1, 0.15) is 63.9 Å². The Balaban J connectivity index is 0.00000124. The molecule has 0 spiro atoms. The molecule has 2 fully saturated rings. The van der Waals surface area contributed by atoms with Gasteiger partial charge in [-0.05, 0) is 63.1 Å². The van der Waals surface area contributed by atoms with Crippen LogP contribution in [0.3, 0.4) is 0 Å². The predicted molar refractivity (Wildman–Crippen MR) is 119 cm³/mol. The second kappa shape index (κ2) is 11.4. The number of aromatic amines is 1. The summed E-state index contributed by atoms with van der Waals surface area (Å²) >= 11 is 0. The molecule has 0 radical (unpaired) electrons. The second-order valence-corrected chi connectivity index (χ2v) is 7.96. The average molecular weight is 417 g/mol. The second-order valence-electron chi connectivity index (χ2n) is 7.96. The third kappa shape index (κ3) is 5.39. The van der Waals surface area contributed by atoms with Crippen molar-refractivity contribution in [1.29, 1.82) is 0 Å². The maximum atomic E-state index is 10.8. The Labute approximate surface area is 179 Å². The molecule has 2 aliphatic rings. The number of carbonyl (C=O) groups excluding carboxylic acids is 1. The summed E-state index contributed by atoms with van der Waals surface area (Å²) in [6, 6.07) is 4.40. The number of rotatable bonds is 7. The van der Waals surface area contributed by atoms with E-state index in [1.807, 2.05) is 32.2 Å². The zero-order valence-corrected chi connectivity index (χ0v) is 18.2. The van der Waals surface area contributed by atoms with Crippen LogP contribution in [0.2, 0.25) is 0 Å². The molecule has 1 aromatic heterocycles. The van der Waals surface area contributed by atoms with Crippen molar-refractivity contribution in [1.82, 2.24) is 15.5 Å². The van der Waals surface area contributed by atoms with Gasteiger partial charge < -0.3 is 20.5 Å². The highest BCUT2D eigenvalue weighted by molar-refractivity contribution is 5.84. The summed E-state index contributed by atoms with van der Waals surface area (Å²) in [6.45, 7) is 5.80. The zero-order valence-electron chi connectivity index (χ0n) is 18.2. The van der Waals surface area contributed by atoms with Gasteiger partial charge in [-0.1, -0.05) is 13.8 Å². The number of ether oxygens (including phenoxy) is 2. The Morgan fingerprint density at radius 2 is 2.00 bits per heavy atom. The van der Waals surface area contributed by atoms with E-state index in [0.717, 1.165) is 73.6 Å². The van der Waals surface area contributed by atoms with Crippen molar-refractivity contribution in [3.8, 4) is 5.75 Å². The molecule has 0 bridgehead atoms. The molecule has 1 saturated heterocycles. The van der Waals surface area contributed by atoms with E-state index in [4.69, 9.17) is 15.2 Å². The van der Waals surface area contributed by atoms with E-state index in [1.165, 1.54) is 0 Å². The fourth-order valence-corrected chi connectivity index (χ4v) is 4.59. The Morgan fingerprint density at radius 3 is 2.73 bits per heavy atom. The largest absolute Gasteiger partial charge is 0.486 e. The summed E-state index contributed by atoms with van der Waals surface area (Å²) < 4.78 is 11.9. The lowest BCUT2D eigenvalue weighted by Gasteiger charge is -2.34. The first-order valence-electron chi connectivity index (χ1n) is 11.4. The Morgan fingerprint density at radius 1 is 1.20 bits per heavy atom. The first kappa shape index (κ1) is 22.7. The zero-order chi connectivity index (χ0) is 21.3. The minimum atomic E-state index is 0.0692. The van der Waals surface area contributed by atoms with E-state index in [2.05, 4.69) is 15.5 Å². The number of hydrogen-bond acceptors (Lipinski definition) is 6. The molecule has 166 valence electrons. The van der Waals surface area contributed by atoms with E-state index in [-0.39, 0.29) is 24.8 Å². The molecule has 2 atom stereocenters. The first-order valence-corrected chi connectivity index (χ1v) is 11.4. The molecule has 30 heavy (non-hydrogen) atoms.